The zero-order valence-electron chi connectivity index (χ0n) is 10.8. The fraction of sp³-hybridized carbons (Fsp3) is 1.00. The molecule has 6 heteroatoms. The van der Waals surface area contributed by atoms with Crippen molar-refractivity contribution < 1.29 is 51.4 Å². The summed E-state index contributed by atoms with van der Waals surface area (Å²) in [6.07, 6.45) is 0. The Morgan fingerprint density at radius 2 is 1.29 bits per heavy atom. The summed E-state index contributed by atoms with van der Waals surface area (Å²) < 4.78 is 2.51. The molecule has 0 aliphatic heterocycles. The fourth-order valence-electron chi connectivity index (χ4n) is 1.01. The maximum atomic E-state index is 6.75. The quantitative estimate of drug-likeness (QED) is 0.284. The maximum absolute atomic E-state index is 6.75. The summed E-state index contributed by atoms with van der Waals surface area (Å²) in [6.45, 7) is 13.9. The van der Waals surface area contributed by atoms with Crippen LogP contribution in [0.5, 0.6) is 0 Å². The Morgan fingerprint density at radius 1 is 1.07 bits per heavy atom. The van der Waals surface area contributed by atoms with Gasteiger partial charge in [0.25, 0.3) is 0 Å². The van der Waals surface area contributed by atoms with Crippen LogP contribution in [0, 0.1) is 0 Å². The van der Waals surface area contributed by atoms with Crippen LogP contribution in [0.1, 0.15) is 20.8 Å². The van der Waals surface area contributed by atoms with Crippen molar-refractivity contribution in [2.24, 2.45) is 0 Å². The van der Waals surface area contributed by atoms with Crippen LogP contribution in [0.2, 0.25) is 19.6 Å². The molecule has 0 unspecified atom stereocenters. The third-order valence-corrected chi connectivity index (χ3v) is 4.70. The van der Waals surface area contributed by atoms with Gasteiger partial charge < -0.3 is 15.6 Å². The van der Waals surface area contributed by atoms with E-state index in [1.54, 1.807) is 0 Å². The van der Waals surface area contributed by atoms with Crippen LogP contribution in [0.3, 0.4) is 0 Å². The summed E-state index contributed by atoms with van der Waals surface area (Å²) in [6, 6.07) is 0. The van der Waals surface area contributed by atoms with Gasteiger partial charge in [-0.15, -0.1) is 0 Å². The van der Waals surface area contributed by atoms with Crippen LogP contribution in [-0.4, -0.2) is 25.4 Å². The van der Waals surface area contributed by atoms with Crippen molar-refractivity contribution in [3.05, 3.63) is 16.0 Å². The molecule has 78 valence electrons. The van der Waals surface area contributed by atoms with Crippen LogP contribution in [-0.2, 0) is 0 Å². The minimum Gasteiger partial charge on any atom is -0.373 e. The molecule has 0 fully saturated rings. The number of hydrogen-bond acceptors (Lipinski definition) is 1. The molecule has 0 atom stereocenters. The van der Waals surface area contributed by atoms with Crippen LogP contribution < -0.4 is 51.4 Å². The molecule has 0 radical (unpaired) electrons. The van der Waals surface area contributed by atoms with Gasteiger partial charge in [0, 0.05) is 5.54 Å². The van der Waals surface area contributed by atoms with E-state index in [0.717, 1.165) is 0 Å². The molecule has 4 nitrogen and oxygen atoms in total. The van der Waals surface area contributed by atoms with E-state index in [2.05, 4.69) is 52.0 Å². The van der Waals surface area contributed by atoms with Crippen LogP contribution in [0.4, 0.5) is 0 Å². The SMILES string of the molecule is CN(C(C)(C)C)[Si](C)(C)C.[K+].[N-]=[N+]=[N-]. The minimum atomic E-state index is -1.06. The molecule has 0 saturated heterocycles. The van der Waals surface area contributed by atoms with E-state index in [9.17, 15) is 0 Å². The Morgan fingerprint density at radius 3 is 1.29 bits per heavy atom. The van der Waals surface area contributed by atoms with Gasteiger partial charge >= 0.3 is 51.4 Å². The zero-order valence-corrected chi connectivity index (χ0v) is 14.9. The molecule has 0 heterocycles. The molecule has 0 N–H and O–H groups in total. The smallest absolute Gasteiger partial charge is 0.373 e. The summed E-state index contributed by atoms with van der Waals surface area (Å²) in [5.74, 6) is 0. The van der Waals surface area contributed by atoms with E-state index < -0.39 is 8.24 Å². The third-order valence-electron chi connectivity index (χ3n) is 2.01. The first kappa shape index (κ1) is 20.5. The molecule has 0 aromatic heterocycles. The zero-order chi connectivity index (χ0) is 11.3. The summed E-state index contributed by atoms with van der Waals surface area (Å²) in [5.41, 5.74) is 13.8. The molecule has 0 bridgehead atoms. The van der Waals surface area contributed by atoms with Crippen molar-refractivity contribution in [1.29, 1.82) is 0 Å². The molecule has 0 saturated carbocycles. The van der Waals surface area contributed by atoms with E-state index in [0.29, 0.717) is 5.54 Å². The molecule has 0 aromatic rings. The van der Waals surface area contributed by atoms with Gasteiger partial charge in [0.1, 0.15) is 8.24 Å². The Bertz CT molecular complexity index is 163. The van der Waals surface area contributed by atoms with Crippen LogP contribution in [0.15, 0.2) is 0 Å². The second kappa shape index (κ2) is 8.30. The minimum absolute atomic E-state index is 0. The number of hydrogen-bond donors (Lipinski definition) is 0. The summed E-state index contributed by atoms with van der Waals surface area (Å²) in [4.78, 5) is 1.50. The van der Waals surface area contributed by atoms with E-state index in [1.165, 1.54) is 4.91 Å². The van der Waals surface area contributed by atoms with E-state index in [1.807, 2.05) is 0 Å². The molecule has 0 rings (SSSR count). The molecule has 0 aliphatic carbocycles. The predicted molar refractivity (Wildman–Crippen MR) is 60.9 cm³/mol. The molecule has 0 aliphatic rings. The predicted octanol–water partition coefficient (Wildman–Crippen LogP) is 0.422. The first-order valence-corrected chi connectivity index (χ1v) is 7.74. The summed E-state index contributed by atoms with van der Waals surface area (Å²) in [5, 5.41) is 0. The molecule has 0 aromatic carbocycles. The summed E-state index contributed by atoms with van der Waals surface area (Å²) >= 11 is 0. The van der Waals surface area contributed by atoms with Crippen LogP contribution in [0.25, 0.3) is 16.0 Å². The molecular weight excluding hydrogens is 219 g/mol. The Kier molecular flexibility index (Phi) is 12.2. The standard InChI is InChI=1S/C8H21NSi.K.N3/c1-8(2,3)9(4)10(5,6)7;;1-3-2/h1-7H3;;/q;+1;-1. The Hall–Kier alpha value is 1.12. The average molecular weight is 240 g/mol. The van der Waals surface area contributed by atoms with Gasteiger partial charge in [-0.2, -0.15) is 0 Å². The second-order valence-electron chi connectivity index (χ2n) is 4.99. The fourth-order valence-corrected chi connectivity index (χ4v) is 3.02. The normalized spacial score (nSPS) is 10.9. The average Bonchev–Trinajstić information content (AvgIpc) is 1.84. The number of rotatable bonds is 1. The Labute approximate surface area is 131 Å². The third kappa shape index (κ3) is 11.2. The van der Waals surface area contributed by atoms with Gasteiger partial charge in [0.05, 0.1) is 0 Å². The van der Waals surface area contributed by atoms with Gasteiger partial charge in [0.15, 0.2) is 0 Å². The molecule has 14 heavy (non-hydrogen) atoms. The van der Waals surface area contributed by atoms with Gasteiger partial charge in [-0.05, 0) is 27.8 Å². The van der Waals surface area contributed by atoms with Crippen molar-refractivity contribution >= 4 is 8.24 Å². The van der Waals surface area contributed by atoms with E-state index >= 15 is 0 Å². The topological polar surface area (TPSA) is 61.9 Å². The summed E-state index contributed by atoms with van der Waals surface area (Å²) in [7, 11) is 1.17. The maximum Gasteiger partial charge on any atom is 1.00 e. The van der Waals surface area contributed by atoms with Crippen molar-refractivity contribution in [2.75, 3.05) is 7.05 Å². The van der Waals surface area contributed by atoms with Crippen LogP contribution >= 0.6 is 0 Å². The van der Waals surface area contributed by atoms with Crippen molar-refractivity contribution in [3.8, 4) is 0 Å². The van der Waals surface area contributed by atoms with Gasteiger partial charge in [0.2, 0.25) is 0 Å². The van der Waals surface area contributed by atoms with Gasteiger partial charge in [-0.3, -0.25) is 4.91 Å². The van der Waals surface area contributed by atoms with Gasteiger partial charge in [-0.1, -0.05) is 19.6 Å². The van der Waals surface area contributed by atoms with E-state index in [-0.39, 0.29) is 51.4 Å². The molecular formula is C8H21KN4Si. The monoisotopic (exact) mass is 240 g/mol. The molecule has 0 amide bonds. The van der Waals surface area contributed by atoms with Crippen molar-refractivity contribution in [3.63, 3.8) is 0 Å². The van der Waals surface area contributed by atoms with Crippen molar-refractivity contribution in [2.45, 2.75) is 46.0 Å². The largest absolute Gasteiger partial charge is 1.00 e. The van der Waals surface area contributed by atoms with Gasteiger partial charge in [-0.25, -0.2) is 0 Å². The van der Waals surface area contributed by atoms with Crippen molar-refractivity contribution in [1.82, 2.24) is 4.57 Å². The van der Waals surface area contributed by atoms with E-state index in [4.69, 9.17) is 11.1 Å². The molecule has 0 spiro atoms. The Balaban J connectivity index is -0.000000267. The number of nitrogens with zero attached hydrogens (tertiary/aromatic N) is 4. The first-order valence-electron chi connectivity index (χ1n) is 4.29. The first-order chi connectivity index (χ1) is 5.57. The second-order valence-corrected chi connectivity index (χ2v) is 10.0.